The van der Waals surface area contributed by atoms with E-state index in [0.29, 0.717) is 0 Å². The van der Waals surface area contributed by atoms with E-state index in [1.165, 1.54) is 0 Å². The van der Waals surface area contributed by atoms with Crippen LogP contribution >= 0.6 is 0 Å². The van der Waals surface area contributed by atoms with Crippen molar-refractivity contribution in [3.8, 4) is 0 Å². The smallest absolute Gasteiger partial charge is 0.243 e. The van der Waals surface area contributed by atoms with Gasteiger partial charge < -0.3 is 16.0 Å². The number of rotatable bonds is 4. The molecule has 1 aliphatic rings. The molecule has 0 atom stereocenters. The maximum absolute atomic E-state index is 12.0. The number of piperidine rings is 1. The lowest BCUT2D eigenvalue weighted by Crippen LogP contribution is -2.41. The molecule has 0 aromatic heterocycles. The van der Waals surface area contributed by atoms with E-state index in [4.69, 9.17) is 0 Å². The van der Waals surface area contributed by atoms with Gasteiger partial charge in [0.1, 0.15) is 0 Å². The fraction of sp³-hybridized carbons (Fsp3) is 0.500. The zero-order valence-electron chi connectivity index (χ0n) is 12.7. The van der Waals surface area contributed by atoms with E-state index in [2.05, 4.69) is 16.0 Å². The number of carbonyl (C=O) groups is 2. The Morgan fingerprint density at radius 3 is 2.43 bits per heavy atom. The topological polar surface area (TPSA) is 70.2 Å². The number of hydrogen-bond donors (Lipinski definition) is 3. The molecule has 1 saturated heterocycles. The maximum Gasteiger partial charge on any atom is 0.243 e. The van der Waals surface area contributed by atoms with Crippen molar-refractivity contribution >= 4 is 17.5 Å². The van der Waals surface area contributed by atoms with Crippen LogP contribution in [0.25, 0.3) is 0 Å². The van der Waals surface area contributed by atoms with Crippen molar-refractivity contribution in [2.75, 3.05) is 25.0 Å². The molecule has 0 saturated carbocycles. The highest BCUT2D eigenvalue weighted by molar-refractivity contribution is 5.96. The van der Waals surface area contributed by atoms with Gasteiger partial charge in [0.25, 0.3) is 0 Å². The average molecular weight is 289 g/mol. The lowest BCUT2D eigenvalue weighted by Gasteiger charge is -2.21. The van der Waals surface area contributed by atoms with Gasteiger partial charge in [-0.15, -0.1) is 0 Å². The first-order valence-corrected chi connectivity index (χ1v) is 7.42. The van der Waals surface area contributed by atoms with E-state index in [-0.39, 0.29) is 24.3 Å². The van der Waals surface area contributed by atoms with Crippen LogP contribution in [0, 0.1) is 19.8 Å². The van der Waals surface area contributed by atoms with Crippen LogP contribution in [0.5, 0.6) is 0 Å². The van der Waals surface area contributed by atoms with Gasteiger partial charge >= 0.3 is 0 Å². The van der Waals surface area contributed by atoms with Crippen LogP contribution in [-0.2, 0) is 9.59 Å². The lowest BCUT2D eigenvalue weighted by molar-refractivity contribution is -0.127. The molecule has 2 amide bonds. The first kappa shape index (κ1) is 15.5. The fourth-order valence-electron chi connectivity index (χ4n) is 2.59. The Bertz CT molecular complexity index is 502. The summed E-state index contributed by atoms with van der Waals surface area (Å²) < 4.78 is 0. The summed E-state index contributed by atoms with van der Waals surface area (Å²) in [5, 5.41) is 8.82. The standard InChI is InChI=1S/C16H23N3O2/c1-11-4-3-5-12(2)15(11)19-14(20)10-18-16(21)13-6-8-17-9-7-13/h3-5,13,17H,6-10H2,1-2H3,(H,18,21)(H,19,20). The van der Waals surface area contributed by atoms with Gasteiger partial charge in [0.15, 0.2) is 0 Å². The van der Waals surface area contributed by atoms with Crippen molar-refractivity contribution in [1.82, 2.24) is 10.6 Å². The highest BCUT2D eigenvalue weighted by atomic mass is 16.2. The number of amides is 2. The molecule has 2 rings (SSSR count). The summed E-state index contributed by atoms with van der Waals surface area (Å²) >= 11 is 0. The molecule has 21 heavy (non-hydrogen) atoms. The third-order valence-corrected chi connectivity index (χ3v) is 3.88. The van der Waals surface area contributed by atoms with Crippen LogP contribution in [-0.4, -0.2) is 31.4 Å². The van der Waals surface area contributed by atoms with Crippen molar-refractivity contribution in [3.63, 3.8) is 0 Å². The maximum atomic E-state index is 12.0. The summed E-state index contributed by atoms with van der Waals surface area (Å²) in [6.07, 6.45) is 1.68. The van der Waals surface area contributed by atoms with Crippen molar-refractivity contribution in [2.45, 2.75) is 26.7 Å². The summed E-state index contributed by atoms with van der Waals surface area (Å²) in [6, 6.07) is 5.87. The Morgan fingerprint density at radius 1 is 1.19 bits per heavy atom. The minimum atomic E-state index is -0.185. The Morgan fingerprint density at radius 2 is 1.81 bits per heavy atom. The molecule has 5 heteroatoms. The van der Waals surface area contributed by atoms with E-state index < -0.39 is 0 Å². The molecule has 5 nitrogen and oxygen atoms in total. The van der Waals surface area contributed by atoms with Gasteiger partial charge in [-0.2, -0.15) is 0 Å². The first-order valence-electron chi connectivity index (χ1n) is 7.42. The highest BCUT2D eigenvalue weighted by Crippen LogP contribution is 2.19. The second kappa shape index (κ2) is 7.22. The third kappa shape index (κ3) is 4.29. The zero-order valence-corrected chi connectivity index (χ0v) is 12.7. The molecule has 1 aliphatic heterocycles. The number of hydrogen-bond acceptors (Lipinski definition) is 3. The number of aryl methyl sites for hydroxylation is 2. The molecule has 0 unspecified atom stereocenters. The van der Waals surface area contributed by atoms with Crippen molar-refractivity contribution < 1.29 is 9.59 Å². The normalized spacial score (nSPS) is 15.5. The second-order valence-electron chi connectivity index (χ2n) is 5.56. The number of anilines is 1. The fourth-order valence-corrected chi connectivity index (χ4v) is 2.59. The van der Waals surface area contributed by atoms with Gasteiger partial charge in [0, 0.05) is 11.6 Å². The Hall–Kier alpha value is -1.88. The largest absolute Gasteiger partial charge is 0.347 e. The van der Waals surface area contributed by atoms with Crippen LogP contribution in [0.3, 0.4) is 0 Å². The molecule has 114 valence electrons. The quantitative estimate of drug-likeness (QED) is 0.784. The molecule has 1 aromatic carbocycles. The second-order valence-corrected chi connectivity index (χ2v) is 5.56. The number of benzene rings is 1. The molecule has 0 aliphatic carbocycles. The lowest BCUT2D eigenvalue weighted by atomic mass is 9.97. The van der Waals surface area contributed by atoms with E-state index in [9.17, 15) is 9.59 Å². The predicted octanol–water partition coefficient (Wildman–Crippen LogP) is 1.36. The summed E-state index contributed by atoms with van der Waals surface area (Å²) in [5.74, 6) is -0.179. The minimum absolute atomic E-state index is 0.0202. The van der Waals surface area contributed by atoms with Crippen LogP contribution in [0.1, 0.15) is 24.0 Å². The van der Waals surface area contributed by atoms with Crippen molar-refractivity contribution in [3.05, 3.63) is 29.3 Å². The number of para-hydroxylation sites is 1. The first-order chi connectivity index (χ1) is 10.1. The van der Waals surface area contributed by atoms with E-state index in [0.717, 1.165) is 42.7 Å². The molecule has 1 heterocycles. The number of carbonyl (C=O) groups excluding carboxylic acids is 2. The molecule has 0 bridgehead atoms. The van der Waals surface area contributed by atoms with Crippen LogP contribution in [0.2, 0.25) is 0 Å². The molecule has 0 radical (unpaired) electrons. The highest BCUT2D eigenvalue weighted by Gasteiger charge is 2.21. The summed E-state index contributed by atoms with van der Waals surface area (Å²) in [5.41, 5.74) is 2.87. The van der Waals surface area contributed by atoms with Crippen molar-refractivity contribution in [1.29, 1.82) is 0 Å². The van der Waals surface area contributed by atoms with Gasteiger partial charge in [-0.25, -0.2) is 0 Å². The molecule has 1 aromatic rings. The van der Waals surface area contributed by atoms with Gasteiger partial charge in [0.05, 0.1) is 6.54 Å². The molecular formula is C16H23N3O2. The predicted molar refractivity (Wildman–Crippen MR) is 83.1 cm³/mol. The van der Waals surface area contributed by atoms with Gasteiger partial charge in [-0.05, 0) is 50.9 Å². The average Bonchev–Trinajstić information content (AvgIpc) is 2.49. The third-order valence-electron chi connectivity index (χ3n) is 3.88. The van der Waals surface area contributed by atoms with Crippen LogP contribution in [0.4, 0.5) is 5.69 Å². The van der Waals surface area contributed by atoms with Gasteiger partial charge in [-0.3, -0.25) is 9.59 Å². The zero-order chi connectivity index (χ0) is 15.2. The monoisotopic (exact) mass is 289 g/mol. The van der Waals surface area contributed by atoms with Crippen LogP contribution < -0.4 is 16.0 Å². The molecule has 1 fully saturated rings. The number of nitrogens with one attached hydrogen (secondary N) is 3. The van der Waals surface area contributed by atoms with E-state index in [1.54, 1.807) is 0 Å². The Kier molecular flexibility index (Phi) is 5.33. The molecule has 3 N–H and O–H groups in total. The minimum Gasteiger partial charge on any atom is -0.347 e. The van der Waals surface area contributed by atoms with Gasteiger partial charge in [-0.1, -0.05) is 18.2 Å². The summed E-state index contributed by atoms with van der Waals surface area (Å²) in [7, 11) is 0. The Labute approximate surface area is 125 Å². The summed E-state index contributed by atoms with van der Waals surface area (Å²) in [6.45, 7) is 5.67. The van der Waals surface area contributed by atoms with Gasteiger partial charge in [0.2, 0.25) is 11.8 Å². The summed E-state index contributed by atoms with van der Waals surface area (Å²) in [4.78, 5) is 23.9. The Balaban J connectivity index is 1.83. The SMILES string of the molecule is Cc1cccc(C)c1NC(=O)CNC(=O)C1CCNCC1. The van der Waals surface area contributed by atoms with E-state index >= 15 is 0 Å². The van der Waals surface area contributed by atoms with E-state index in [1.807, 2.05) is 32.0 Å². The molecular weight excluding hydrogens is 266 g/mol. The van der Waals surface area contributed by atoms with Crippen molar-refractivity contribution in [2.24, 2.45) is 5.92 Å². The van der Waals surface area contributed by atoms with Crippen LogP contribution in [0.15, 0.2) is 18.2 Å². The molecule has 0 spiro atoms.